The predicted molar refractivity (Wildman–Crippen MR) is 81.3 cm³/mol. The molecule has 1 amide bonds. The number of anilines is 1. The second-order valence-electron chi connectivity index (χ2n) is 5.12. The van der Waals surface area contributed by atoms with Gasteiger partial charge in [0.1, 0.15) is 5.82 Å². The van der Waals surface area contributed by atoms with E-state index in [1.54, 1.807) is 18.1 Å². The lowest BCUT2D eigenvalue weighted by atomic mass is 10.1. The van der Waals surface area contributed by atoms with Gasteiger partial charge in [0.2, 0.25) is 5.91 Å². The first kappa shape index (κ1) is 14.1. The van der Waals surface area contributed by atoms with Crippen LogP contribution in [0.5, 0.6) is 0 Å². The molecule has 21 heavy (non-hydrogen) atoms. The van der Waals surface area contributed by atoms with E-state index in [1.807, 2.05) is 18.5 Å². The number of likely N-dealkylation sites (N-methyl/N-ethyl adjacent to an activating group) is 1. The number of amides is 1. The summed E-state index contributed by atoms with van der Waals surface area (Å²) in [5, 5.41) is 2.60. The van der Waals surface area contributed by atoms with E-state index >= 15 is 0 Å². The molecule has 3 heterocycles. The molecule has 2 aromatic rings. The fourth-order valence-corrected chi connectivity index (χ4v) is 3.00. The SMILES string of the molecule is Cc1ncc2c(n1)CN(CC(=O)N(C)c1nccs1)CC2. The van der Waals surface area contributed by atoms with Crippen molar-refractivity contribution >= 4 is 22.4 Å². The molecule has 0 aromatic carbocycles. The fourth-order valence-electron chi connectivity index (χ4n) is 2.38. The molecule has 0 saturated carbocycles. The fraction of sp³-hybridized carbons (Fsp3) is 0.429. The van der Waals surface area contributed by atoms with Crippen molar-refractivity contribution in [2.24, 2.45) is 0 Å². The van der Waals surface area contributed by atoms with Crippen molar-refractivity contribution < 1.29 is 4.79 Å². The Morgan fingerprint density at radius 1 is 1.48 bits per heavy atom. The van der Waals surface area contributed by atoms with Crippen LogP contribution in [0.15, 0.2) is 17.8 Å². The number of carbonyl (C=O) groups excluding carboxylic acids is 1. The van der Waals surface area contributed by atoms with Crippen molar-refractivity contribution in [1.29, 1.82) is 0 Å². The zero-order chi connectivity index (χ0) is 14.8. The lowest BCUT2D eigenvalue weighted by Gasteiger charge is -2.28. The quantitative estimate of drug-likeness (QED) is 0.854. The van der Waals surface area contributed by atoms with E-state index in [4.69, 9.17) is 0 Å². The van der Waals surface area contributed by atoms with Crippen LogP contribution in [0.4, 0.5) is 5.13 Å². The van der Waals surface area contributed by atoms with Gasteiger partial charge in [0.05, 0.1) is 12.2 Å². The minimum Gasteiger partial charge on any atom is -0.290 e. The highest BCUT2D eigenvalue weighted by atomic mass is 32.1. The largest absolute Gasteiger partial charge is 0.290 e. The Kier molecular flexibility index (Phi) is 3.94. The summed E-state index contributed by atoms with van der Waals surface area (Å²) in [6.45, 7) is 3.84. The third-order valence-corrected chi connectivity index (χ3v) is 4.43. The molecular formula is C14H17N5OS. The molecule has 1 aliphatic heterocycles. The van der Waals surface area contributed by atoms with Gasteiger partial charge in [-0.05, 0) is 18.9 Å². The molecule has 0 radical (unpaired) electrons. The summed E-state index contributed by atoms with van der Waals surface area (Å²) in [5.41, 5.74) is 2.23. The van der Waals surface area contributed by atoms with Crippen LogP contribution in [0.3, 0.4) is 0 Å². The van der Waals surface area contributed by atoms with E-state index in [1.165, 1.54) is 16.9 Å². The average Bonchev–Trinajstić information content (AvgIpc) is 3.00. The molecule has 0 unspecified atom stereocenters. The number of carbonyl (C=O) groups is 1. The lowest BCUT2D eigenvalue weighted by Crippen LogP contribution is -2.41. The number of aryl methyl sites for hydroxylation is 1. The van der Waals surface area contributed by atoms with Gasteiger partial charge in [0.15, 0.2) is 5.13 Å². The van der Waals surface area contributed by atoms with Crippen molar-refractivity contribution in [3.05, 3.63) is 34.9 Å². The zero-order valence-electron chi connectivity index (χ0n) is 12.1. The zero-order valence-corrected chi connectivity index (χ0v) is 12.9. The minimum absolute atomic E-state index is 0.0548. The molecule has 0 saturated heterocycles. The van der Waals surface area contributed by atoms with Crippen LogP contribution in [0.2, 0.25) is 0 Å². The minimum atomic E-state index is 0.0548. The number of nitrogens with zero attached hydrogens (tertiary/aromatic N) is 5. The topological polar surface area (TPSA) is 62.2 Å². The molecule has 7 heteroatoms. The van der Waals surface area contributed by atoms with Gasteiger partial charge in [0, 0.05) is 37.9 Å². The summed E-state index contributed by atoms with van der Waals surface area (Å²) < 4.78 is 0. The Morgan fingerprint density at radius 2 is 2.33 bits per heavy atom. The standard InChI is InChI=1S/C14H17N5OS/c1-10-16-7-11-3-5-19(8-12(11)17-10)9-13(20)18(2)14-15-4-6-21-14/h4,6-7H,3,5,8-9H2,1-2H3. The summed E-state index contributed by atoms with van der Waals surface area (Å²) in [4.78, 5) is 28.9. The van der Waals surface area contributed by atoms with Crippen molar-refractivity contribution in [3.63, 3.8) is 0 Å². The summed E-state index contributed by atoms with van der Waals surface area (Å²) in [5.74, 6) is 0.834. The van der Waals surface area contributed by atoms with Gasteiger partial charge >= 0.3 is 0 Å². The highest BCUT2D eigenvalue weighted by Gasteiger charge is 2.22. The molecule has 3 rings (SSSR count). The van der Waals surface area contributed by atoms with Crippen LogP contribution in [0, 0.1) is 6.92 Å². The molecule has 0 N–H and O–H groups in total. The second kappa shape index (κ2) is 5.87. The Labute approximate surface area is 127 Å². The smallest absolute Gasteiger partial charge is 0.242 e. The van der Waals surface area contributed by atoms with Crippen LogP contribution >= 0.6 is 11.3 Å². The molecule has 0 aliphatic carbocycles. The average molecular weight is 303 g/mol. The Hall–Kier alpha value is -1.86. The van der Waals surface area contributed by atoms with Crippen LogP contribution < -0.4 is 4.90 Å². The number of hydrogen-bond acceptors (Lipinski definition) is 6. The Balaban J connectivity index is 1.65. The first-order valence-electron chi connectivity index (χ1n) is 6.83. The first-order chi connectivity index (χ1) is 10.1. The van der Waals surface area contributed by atoms with Crippen molar-refractivity contribution in [2.75, 3.05) is 25.0 Å². The lowest BCUT2D eigenvalue weighted by molar-refractivity contribution is -0.119. The van der Waals surface area contributed by atoms with Gasteiger partial charge in [-0.15, -0.1) is 11.3 Å². The molecule has 0 bridgehead atoms. The van der Waals surface area contributed by atoms with Gasteiger partial charge < -0.3 is 0 Å². The van der Waals surface area contributed by atoms with Crippen molar-refractivity contribution in [2.45, 2.75) is 19.9 Å². The van der Waals surface area contributed by atoms with Gasteiger partial charge in [-0.25, -0.2) is 15.0 Å². The maximum atomic E-state index is 12.3. The number of fused-ring (bicyclic) bond motifs is 1. The number of hydrogen-bond donors (Lipinski definition) is 0. The van der Waals surface area contributed by atoms with Gasteiger partial charge in [-0.3, -0.25) is 14.6 Å². The normalized spacial score (nSPS) is 14.8. The van der Waals surface area contributed by atoms with Gasteiger partial charge in [-0.1, -0.05) is 0 Å². The second-order valence-corrected chi connectivity index (χ2v) is 5.99. The monoisotopic (exact) mass is 303 g/mol. The third-order valence-electron chi connectivity index (χ3n) is 3.58. The van der Waals surface area contributed by atoms with E-state index in [0.29, 0.717) is 13.1 Å². The van der Waals surface area contributed by atoms with Crippen LogP contribution in [-0.4, -0.2) is 45.9 Å². The van der Waals surface area contributed by atoms with Crippen LogP contribution in [0.25, 0.3) is 0 Å². The van der Waals surface area contributed by atoms with E-state index in [2.05, 4.69) is 19.9 Å². The summed E-state index contributed by atoms with van der Waals surface area (Å²) in [7, 11) is 1.77. The van der Waals surface area contributed by atoms with E-state index in [-0.39, 0.29) is 5.91 Å². The predicted octanol–water partition coefficient (Wildman–Crippen LogP) is 1.26. The maximum absolute atomic E-state index is 12.3. The number of aromatic nitrogens is 3. The third kappa shape index (κ3) is 3.08. The maximum Gasteiger partial charge on any atom is 0.242 e. The van der Waals surface area contributed by atoms with Crippen molar-refractivity contribution in [3.8, 4) is 0 Å². The molecule has 0 spiro atoms. The molecule has 0 fully saturated rings. The van der Waals surface area contributed by atoms with Crippen LogP contribution in [0.1, 0.15) is 17.1 Å². The van der Waals surface area contributed by atoms with Gasteiger partial charge in [0.25, 0.3) is 0 Å². The molecular weight excluding hydrogens is 286 g/mol. The Morgan fingerprint density at radius 3 is 3.10 bits per heavy atom. The first-order valence-corrected chi connectivity index (χ1v) is 7.71. The molecule has 110 valence electrons. The Bertz CT molecular complexity index is 643. The van der Waals surface area contributed by atoms with Crippen LogP contribution in [-0.2, 0) is 17.8 Å². The summed E-state index contributed by atoms with van der Waals surface area (Å²) >= 11 is 1.47. The van der Waals surface area contributed by atoms with Gasteiger partial charge in [-0.2, -0.15) is 0 Å². The number of rotatable bonds is 3. The highest BCUT2D eigenvalue weighted by Crippen LogP contribution is 2.18. The molecule has 2 aromatic heterocycles. The van der Waals surface area contributed by atoms with E-state index in [9.17, 15) is 4.79 Å². The highest BCUT2D eigenvalue weighted by molar-refractivity contribution is 7.13. The number of thiazole rings is 1. The van der Waals surface area contributed by atoms with Crippen molar-refractivity contribution in [1.82, 2.24) is 19.9 Å². The molecule has 1 aliphatic rings. The van der Waals surface area contributed by atoms with E-state index in [0.717, 1.165) is 29.6 Å². The van der Waals surface area contributed by atoms with E-state index < -0.39 is 0 Å². The molecule has 6 nitrogen and oxygen atoms in total. The summed E-state index contributed by atoms with van der Waals surface area (Å²) in [6.07, 6.45) is 4.50. The molecule has 0 atom stereocenters. The summed E-state index contributed by atoms with van der Waals surface area (Å²) in [6, 6.07) is 0.